The lowest BCUT2D eigenvalue weighted by Crippen LogP contribution is -2.40. The summed E-state index contributed by atoms with van der Waals surface area (Å²) in [6, 6.07) is 8.37. The first-order valence-electron chi connectivity index (χ1n) is 7.50. The molecule has 1 aromatic rings. The van der Waals surface area contributed by atoms with Crippen molar-refractivity contribution in [1.82, 2.24) is 10.2 Å². The molecular weight excluding hydrogens is 252 g/mol. The summed E-state index contributed by atoms with van der Waals surface area (Å²) in [5, 5.41) is 3.30. The van der Waals surface area contributed by atoms with Gasteiger partial charge in [0.2, 0.25) is 5.91 Å². The van der Waals surface area contributed by atoms with Crippen LogP contribution in [0.5, 0.6) is 0 Å². The SMILES string of the molecule is O=C(COC1CCNCC1)N1CCc2ccccc2C1. The molecule has 0 saturated carbocycles. The summed E-state index contributed by atoms with van der Waals surface area (Å²) < 4.78 is 5.75. The van der Waals surface area contributed by atoms with Crippen molar-refractivity contribution in [3.05, 3.63) is 35.4 Å². The first kappa shape index (κ1) is 13.6. The van der Waals surface area contributed by atoms with Gasteiger partial charge >= 0.3 is 0 Å². The maximum absolute atomic E-state index is 12.2. The number of carbonyl (C=O) groups is 1. The molecule has 20 heavy (non-hydrogen) atoms. The van der Waals surface area contributed by atoms with Gasteiger partial charge < -0.3 is 15.0 Å². The molecule has 1 aromatic carbocycles. The first-order chi connectivity index (χ1) is 9.83. The van der Waals surface area contributed by atoms with E-state index in [1.165, 1.54) is 11.1 Å². The highest BCUT2D eigenvalue weighted by atomic mass is 16.5. The van der Waals surface area contributed by atoms with Crippen LogP contribution in [0, 0.1) is 0 Å². The Balaban J connectivity index is 1.51. The molecule has 0 aliphatic carbocycles. The number of rotatable bonds is 3. The second-order valence-corrected chi connectivity index (χ2v) is 5.59. The van der Waals surface area contributed by atoms with Gasteiger partial charge in [0, 0.05) is 13.1 Å². The lowest BCUT2D eigenvalue weighted by molar-refractivity contribution is -0.139. The van der Waals surface area contributed by atoms with Crippen LogP contribution in [0.15, 0.2) is 24.3 Å². The number of benzene rings is 1. The molecule has 1 fully saturated rings. The number of carbonyl (C=O) groups excluding carboxylic acids is 1. The predicted molar refractivity (Wildman–Crippen MR) is 77.4 cm³/mol. The van der Waals surface area contributed by atoms with Gasteiger partial charge in [-0.15, -0.1) is 0 Å². The third-order valence-electron chi connectivity index (χ3n) is 4.21. The Morgan fingerprint density at radius 2 is 2.00 bits per heavy atom. The summed E-state index contributed by atoms with van der Waals surface area (Å²) in [5.74, 6) is 0.123. The van der Waals surface area contributed by atoms with Gasteiger partial charge in [-0.1, -0.05) is 24.3 Å². The minimum atomic E-state index is 0.123. The number of hydrogen-bond donors (Lipinski definition) is 1. The highest BCUT2D eigenvalue weighted by Crippen LogP contribution is 2.18. The Morgan fingerprint density at radius 3 is 2.80 bits per heavy atom. The predicted octanol–water partition coefficient (Wildman–Crippen LogP) is 1.34. The average molecular weight is 274 g/mol. The van der Waals surface area contributed by atoms with Crippen LogP contribution in [0.2, 0.25) is 0 Å². The number of nitrogens with one attached hydrogen (secondary N) is 1. The third-order valence-corrected chi connectivity index (χ3v) is 4.21. The minimum Gasteiger partial charge on any atom is -0.368 e. The molecule has 2 aliphatic heterocycles. The van der Waals surface area contributed by atoms with Gasteiger partial charge in [0.1, 0.15) is 6.61 Å². The fourth-order valence-electron chi connectivity index (χ4n) is 2.95. The summed E-state index contributed by atoms with van der Waals surface area (Å²) >= 11 is 0. The topological polar surface area (TPSA) is 41.6 Å². The maximum Gasteiger partial charge on any atom is 0.248 e. The molecule has 1 amide bonds. The van der Waals surface area contributed by atoms with E-state index in [0.717, 1.165) is 45.4 Å². The van der Waals surface area contributed by atoms with E-state index in [1.807, 2.05) is 11.0 Å². The molecule has 108 valence electrons. The van der Waals surface area contributed by atoms with E-state index in [4.69, 9.17) is 4.74 Å². The molecule has 4 nitrogen and oxygen atoms in total. The molecule has 4 heteroatoms. The van der Waals surface area contributed by atoms with Crippen molar-refractivity contribution in [1.29, 1.82) is 0 Å². The molecule has 1 N–H and O–H groups in total. The molecule has 0 aromatic heterocycles. The van der Waals surface area contributed by atoms with E-state index in [0.29, 0.717) is 0 Å². The van der Waals surface area contributed by atoms with Gasteiger partial charge in [-0.2, -0.15) is 0 Å². The third kappa shape index (κ3) is 3.19. The van der Waals surface area contributed by atoms with Crippen molar-refractivity contribution in [2.24, 2.45) is 0 Å². The second-order valence-electron chi connectivity index (χ2n) is 5.59. The van der Waals surface area contributed by atoms with E-state index >= 15 is 0 Å². The maximum atomic E-state index is 12.2. The Bertz CT molecular complexity index is 469. The van der Waals surface area contributed by atoms with E-state index in [2.05, 4.69) is 23.5 Å². The summed E-state index contributed by atoms with van der Waals surface area (Å²) in [7, 11) is 0. The highest BCUT2D eigenvalue weighted by Gasteiger charge is 2.22. The van der Waals surface area contributed by atoms with Crippen LogP contribution in [0.3, 0.4) is 0 Å². The van der Waals surface area contributed by atoms with Crippen molar-refractivity contribution in [3.8, 4) is 0 Å². The lowest BCUT2D eigenvalue weighted by atomic mass is 10.00. The zero-order chi connectivity index (χ0) is 13.8. The van der Waals surface area contributed by atoms with Crippen molar-refractivity contribution in [2.75, 3.05) is 26.2 Å². The summed E-state index contributed by atoms with van der Waals surface area (Å²) in [6.45, 7) is 3.76. The standard InChI is InChI=1S/C16H22N2O2/c19-16(12-20-15-5-8-17-9-6-15)18-10-7-13-3-1-2-4-14(13)11-18/h1-4,15,17H,5-12H2. The van der Waals surface area contributed by atoms with Gasteiger partial charge in [0.15, 0.2) is 0 Å². The van der Waals surface area contributed by atoms with Crippen LogP contribution in [0.4, 0.5) is 0 Å². The number of nitrogens with zero attached hydrogens (tertiary/aromatic N) is 1. The molecule has 0 bridgehead atoms. The molecule has 0 spiro atoms. The van der Waals surface area contributed by atoms with Crippen molar-refractivity contribution >= 4 is 5.91 Å². The zero-order valence-corrected chi connectivity index (χ0v) is 11.8. The van der Waals surface area contributed by atoms with Gasteiger partial charge in [0.25, 0.3) is 0 Å². The van der Waals surface area contributed by atoms with Gasteiger partial charge in [0.05, 0.1) is 6.10 Å². The summed E-state index contributed by atoms with van der Waals surface area (Å²) in [5.41, 5.74) is 2.64. The fraction of sp³-hybridized carbons (Fsp3) is 0.562. The van der Waals surface area contributed by atoms with Crippen LogP contribution >= 0.6 is 0 Å². The molecule has 0 radical (unpaired) electrons. The molecule has 1 saturated heterocycles. The molecular formula is C16H22N2O2. The van der Waals surface area contributed by atoms with Crippen molar-refractivity contribution < 1.29 is 9.53 Å². The molecule has 0 atom stereocenters. The molecule has 0 unspecified atom stereocenters. The molecule has 2 heterocycles. The van der Waals surface area contributed by atoms with Crippen molar-refractivity contribution in [2.45, 2.75) is 31.9 Å². The fourth-order valence-corrected chi connectivity index (χ4v) is 2.95. The largest absolute Gasteiger partial charge is 0.368 e. The van der Waals surface area contributed by atoms with Gasteiger partial charge in [-0.3, -0.25) is 4.79 Å². The second kappa shape index (κ2) is 6.37. The number of ether oxygens (including phenoxy) is 1. The lowest BCUT2D eigenvalue weighted by Gasteiger charge is -2.30. The highest BCUT2D eigenvalue weighted by molar-refractivity contribution is 5.77. The van der Waals surface area contributed by atoms with E-state index in [9.17, 15) is 4.79 Å². The first-order valence-corrected chi connectivity index (χ1v) is 7.50. The molecule has 2 aliphatic rings. The Labute approximate surface area is 120 Å². The Morgan fingerprint density at radius 1 is 1.25 bits per heavy atom. The van der Waals surface area contributed by atoms with Crippen LogP contribution in [-0.4, -0.2) is 43.2 Å². The van der Waals surface area contributed by atoms with E-state index in [-0.39, 0.29) is 18.6 Å². The van der Waals surface area contributed by atoms with Crippen LogP contribution in [0.1, 0.15) is 24.0 Å². The van der Waals surface area contributed by atoms with Crippen molar-refractivity contribution in [3.63, 3.8) is 0 Å². The quantitative estimate of drug-likeness (QED) is 0.904. The van der Waals surface area contributed by atoms with Gasteiger partial charge in [-0.05, 0) is 43.5 Å². The number of amides is 1. The van der Waals surface area contributed by atoms with Crippen LogP contribution in [-0.2, 0) is 22.5 Å². The average Bonchev–Trinajstić information content (AvgIpc) is 2.53. The smallest absolute Gasteiger partial charge is 0.248 e. The van der Waals surface area contributed by atoms with E-state index in [1.54, 1.807) is 0 Å². The van der Waals surface area contributed by atoms with Crippen LogP contribution < -0.4 is 5.32 Å². The number of piperidine rings is 1. The summed E-state index contributed by atoms with van der Waals surface area (Å²) in [6.07, 6.45) is 3.22. The van der Waals surface area contributed by atoms with Crippen LogP contribution in [0.25, 0.3) is 0 Å². The Kier molecular flexibility index (Phi) is 4.33. The van der Waals surface area contributed by atoms with Gasteiger partial charge in [-0.25, -0.2) is 0 Å². The summed E-state index contributed by atoms with van der Waals surface area (Å²) in [4.78, 5) is 14.2. The number of fused-ring (bicyclic) bond motifs is 1. The number of hydrogen-bond acceptors (Lipinski definition) is 3. The zero-order valence-electron chi connectivity index (χ0n) is 11.8. The normalized spacial score (nSPS) is 19.7. The minimum absolute atomic E-state index is 0.123. The molecule has 3 rings (SSSR count). The Hall–Kier alpha value is -1.39. The monoisotopic (exact) mass is 274 g/mol. The van der Waals surface area contributed by atoms with E-state index < -0.39 is 0 Å².